The molecule has 7 nitrogen and oxygen atoms in total. The molecule has 0 aliphatic carbocycles. The van der Waals surface area contributed by atoms with E-state index < -0.39 is 5.91 Å². The van der Waals surface area contributed by atoms with Crippen LogP contribution in [0.4, 0.5) is 5.82 Å². The highest BCUT2D eigenvalue weighted by Gasteiger charge is 2.24. The van der Waals surface area contributed by atoms with Gasteiger partial charge in [0.1, 0.15) is 5.69 Å². The monoisotopic (exact) mass is 411 g/mol. The summed E-state index contributed by atoms with van der Waals surface area (Å²) in [7, 11) is 0. The standard InChI is InChI=1S/C16H12Cl3N5O2/c1-7(2)16(26)22-15-14(25)13(8-5-20-21-6-8)24(23-15)12-4-10(18)9(17)3-11(12)19/h3-6,25H,1H2,2H3,(H,20,21)(H,22,23,26). The highest BCUT2D eigenvalue weighted by atomic mass is 35.5. The third kappa shape index (κ3) is 3.29. The number of nitrogens with one attached hydrogen (secondary N) is 2. The summed E-state index contributed by atoms with van der Waals surface area (Å²) in [5.74, 6) is -0.802. The fourth-order valence-corrected chi connectivity index (χ4v) is 2.82. The Balaban J connectivity index is 2.23. The molecule has 0 atom stereocenters. The third-order valence-corrected chi connectivity index (χ3v) is 4.49. The first-order chi connectivity index (χ1) is 12.3. The number of rotatable bonds is 4. The molecule has 0 fully saturated rings. The minimum Gasteiger partial charge on any atom is -0.503 e. The molecule has 3 N–H and O–H groups in total. The Morgan fingerprint density at radius 2 is 1.96 bits per heavy atom. The van der Waals surface area contributed by atoms with Gasteiger partial charge in [0, 0.05) is 17.3 Å². The maximum absolute atomic E-state index is 11.9. The number of carbonyl (C=O) groups excluding carboxylic acids is 1. The molecule has 0 aliphatic heterocycles. The fraction of sp³-hybridized carbons (Fsp3) is 0.0625. The Kier molecular flexibility index (Phi) is 4.95. The summed E-state index contributed by atoms with van der Waals surface area (Å²) >= 11 is 18.3. The van der Waals surface area contributed by atoms with Crippen LogP contribution >= 0.6 is 34.8 Å². The lowest BCUT2D eigenvalue weighted by Gasteiger charge is -2.09. The summed E-state index contributed by atoms with van der Waals surface area (Å²) in [6, 6.07) is 2.97. The number of aromatic hydroxyl groups is 1. The minimum absolute atomic E-state index is 0.0589. The van der Waals surface area contributed by atoms with E-state index in [1.54, 1.807) is 6.20 Å². The summed E-state index contributed by atoms with van der Waals surface area (Å²) in [6.07, 6.45) is 3.05. The Morgan fingerprint density at radius 3 is 2.58 bits per heavy atom. The second-order valence-electron chi connectivity index (χ2n) is 5.40. The van der Waals surface area contributed by atoms with E-state index in [0.717, 1.165) is 0 Å². The van der Waals surface area contributed by atoms with Crippen LogP contribution in [0.2, 0.25) is 15.1 Å². The van der Waals surface area contributed by atoms with E-state index in [9.17, 15) is 9.90 Å². The summed E-state index contributed by atoms with van der Waals surface area (Å²) in [5, 5.41) is 24.7. The number of H-pyrrole nitrogens is 1. The number of aromatic amines is 1. The van der Waals surface area contributed by atoms with Crippen LogP contribution in [-0.4, -0.2) is 31.0 Å². The molecule has 0 spiro atoms. The molecule has 1 aromatic carbocycles. The normalized spacial score (nSPS) is 10.8. The Morgan fingerprint density at radius 1 is 1.27 bits per heavy atom. The molecule has 0 unspecified atom stereocenters. The van der Waals surface area contributed by atoms with Crippen LogP contribution in [0.3, 0.4) is 0 Å². The van der Waals surface area contributed by atoms with Crippen LogP contribution in [0.5, 0.6) is 5.75 Å². The van der Waals surface area contributed by atoms with Crippen molar-refractivity contribution in [2.24, 2.45) is 0 Å². The Hall–Kier alpha value is -2.48. The van der Waals surface area contributed by atoms with E-state index in [0.29, 0.717) is 11.3 Å². The first-order valence-electron chi connectivity index (χ1n) is 7.22. The van der Waals surface area contributed by atoms with Crippen molar-refractivity contribution in [2.45, 2.75) is 6.92 Å². The van der Waals surface area contributed by atoms with E-state index in [2.05, 4.69) is 27.2 Å². The first-order valence-corrected chi connectivity index (χ1v) is 8.36. The predicted octanol–water partition coefficient (Wildman–Crippen LogP) is 4.44. The molecular weight excluding hydrogens is 401 g/mol. The van der Waals surface area contributed by atoms with E-state index in [1.165, 1.54) is 29.9 Å². The molecule has 134 valence electrons. The van der Waals surface area contributed by atoms with Crippen molar-refractivity contribution in [3.63, 3.8) is 0 Å². The van der Waals surface area contributed by atoms with Gasteiger partial charge in [-0.25, -0.2) is 4.68 Å². The fourth-order valence-electron chi connectivity index (χ4n) is 2.20. The molecule has 3 rings (SSSR count). The second kappa shape index (κ2) is 7.03. The zero-order valence-corrected chi connectivity index (χ0v) is 15.6. The Bertz CT molecular complexity index is 1010. The molecule has 1 amide bonds. The molecule has 0 saturated carbocycles. The first kappa shape index (κ1) is 18.3. The van der Waals surface area contributed by atoms with Crippen molar-refractivity contribution in [3.8, 4) is 22.7 Å². The molecule has 0 radical (unpaired) electrons. The van der Waals surface area contributed by atoms with Gasteiger partial charge in [0.25, 0.3) is 5.91 Å². The number of aromatic nitrogens is 4. The summed E-state index contributed by atoms with van der Waals surface area (Å²) in [4.78, 5) is 11.9. The zero-order valence-electron chi connectivity index (χ0n) is 13.3. The number of anilines is 1. The smallest absolute Gasteiger partial charge is 0.252 e. The van der Waals surface area contributed by atoms with Gasteiger partial charge < -0.3 is 10.4 Å². The van der Waals surface area contributed by atoms with Gasteiger partial charge in [0.2, 0.25) is 0 Å². The van der Waals surface area contributed by atoms with Gasteiger partial charge in [-0.2, -0.15) is 5.10 Å². The maximum Gasteiger partial charge on any atom is 0.252 e. The summed E-state index contributed by atoms with van der Waals surface area (Å²) in [6.45, 7) is 5.10. The largest absolute Gasteiger partial charge is 0.503 e. The van der Waals surface area contributed by atoms with Crippen LogP contribution in [-0.2, 0) is 4.79 Å². The maximum atomic E-state index is 11.9. The lowest BCUT2D eigenvalue weighted by molar-refractivity contribution is -0.112. The number of benzene rings is 1. The highest BCUT2D eigenvalue weighted by Crippen LogP contribution is 2.40. The average molecular weight is 413 g/mol. The molecule has 3 aromatic rings. The lowest BCUT2D eigenvalue weighted by Crippen LogP contribution is -2.12. The average Bonchev–Trinajstić information content (AvgIpc) is 3.19. The van der Waals surface area contributed by atoms with Crippen molar-refractivity contribution in [1.82, 2.24) is 20.0 Å². The minimum atomic E-state index is -0.482. The van der Waals surface area contributed by atoms with Crippen molar-refractivity contribution in [3.05, 3.63) is 51.7 Å². The summed E-state index contributed by atoms with van der Waals surface area (Å²) < 4.78 is 1.35. The van der Waals surface area contributed by atoms with Gasteiger partial charge in [-0.1, -0.05) is 41.4 Å². The number of amides is 1. The summed E-state index contributed by atoms with van der Waals surface area (Å²) in [5.41, 5.74) is 1.41. The second-order valence-corrected chi connectivity index (χ2v) is 6.62. The molecule has 0 bridgehead atoms. The number of halogens is 3. The van der Waals surface area contributed by atoms with Crippen LogP contribution in [0.25, 0.3) is 16.9 Å². The van der Waals surface area contributed by atoms with Gasteiger partial charge in [-0.05, 0) is 19.1 Å². The predicted molar refractivity (Wildman–Crippen MR) is 101 cm³/mol. The quantitative estimate of drug-likeness (QED) is 0.436. The van der Waals surface area contributed by atoms with Crippen molar-refractivity contribution < 1.29 is 9.90 Å². The topological polar surface area (TPSA) is 95.8 Å². The third-order valence-electron chi connectivity index (χ3n) is 3.47. The van der Waals surface area contributed by atoms with E-state index in [4.69, 9.17) is 34.8 Å². The molecular formula is C16H12Cl3N5O2. The van der Waals surface area contributed by atoms with E-state index in [1.807, 2.05) is 0 Å². The van der Waals surface area contributed by atoms with Crippen LogP contribution < -0.4 is 5.32 Å². The lowest BCUT2D eigenvalue weighted by atomic mass is 10.2. The molecule has 0 saturated heterocycles. The number of hydrogen-bond acceptors (Lipinski definition) is 4. The van der Waals surface area contributed by atoms with Crippen molar-refractivity contribution >= 4 is 46.5 Å². The molecule has 26 heavy (non-hydrogen) atoms. The van der Waals surface area contributed by atoms with Gasteiger partial charge >= 0.3 is 0 Å². The molecule has 0 aliphatic rings. The van der Waals surface area contributed by atoms with E-state index >= 15 is 0 Å². The van der Waals surface area contributed by atoms with Gasteiger partial charge in [-0.15, -0.1) is 5.10 Å². The SMILES string of the molecule is C=C(C)C(=O)Nc1nn(-c2cc(Cl)c(Cl)cc2Cl)c(-c2cn[nH]c2)c1O. The number of hydrogen-bond donors (Lipinski definition) is 3. The van der Waals surface area contributed by atoms with Crippen LogP contribution in [0.1, 0.15) is 6.92 Å². The number of nitrogens with zero attached hydrogens (tertiary/aromatic N) is 3. The zero-order chi connectivity index (χ0) is 19.0. The molecule has 2 aromatic heterocycles. The van der Waals surface area contributed by atoms with E-state index in [-0.39, 0.29) is 37.9 Å². The molecule has 2 heterocycles. The highest BCUT2D eigenvalue weighted by molar-refractivity contribution is 6.43. The van der Waals surface area contributed by atoms with Crippen molar-refractivity contribution in [2.75, 3.05) is 5.32 Å². The Labute approximate surface area is 163 Å². The molecule has 10 heteroatoms. The van der Waals surface area contributed by atoms with Gasteiger partial charge in [0.05, 0.1) is 27.0 Å². The van der Waals surface area contributed by atoms with Gasteiger partial charge in [-0.3, -0.25) is 9.89 Å². The number of carbonyl (C=O) groups is 1. The van der Waals surface area contributed by atoms with Crippen LogP contribution in [0.15, 0.2) is 36.7 Å². The van der Waals surface area contributed by atoms with Crippen LogP contribution in [0, 0.1) is 0 Å². The van der Waals surface area contributed by atoms with Crippen molar-refractivity contribution in [1.29, 1.82) is 0 Å². The van der Waals surface area contributed by atoms with Gasteiger partial charge in [0.15, 0.2) is 11.6 Å².